The first kappa shape index (κ1) is 16.2. The van der Waals surface area contributed by atoms with E-state index >= 15 is 0 Å². The van der Waals surface area contributed by atoms with Crippen LogP contribution in [0.3, 0.4) is 0 Å². The molecule has 0 spiro atoms. The fourth-order valence-corrected chi connectivity index (χ4v) is 2.65. The normalized spacial score (nSPS) is 10.7. The van der Waals surface area contributed by atoms with Crippen LogP contribution in [-0.2, 0) is 0 Å². The minimum Gasteiger partial charge on any atom is -0.320 e. The average Bonchev–Trinajstić information content (AvgIpc) is 2.93. The maximum absolute atomic E-state index is 12.5. The molecule has 2 aromatic carbocycles. The van der Waals surface area contributed by atoms with Gasteiger partial charge in [0.15, 0.2) is 5.69 Å². The van der Waals surface area contributed by atoms with Gasteiger partial charge in [0.1, 0.15) is 0 Å². The number of para-hydroxylation sites is 1. The van der Waals surface area contributed by atoms with Gasteiger partial charge in [0.05, 0.1) is 16.4 Å². The number of carbonyl (C=O) groups excluding carboxylic acids is 1. The van der Waals surface area contributed by atoms with Gasteiger partial charge < -0.3 is 5.32 Å². The Morgan fingerprint density at radius 1 is 1.12 bits per heavy atom. The third-order valence-corrected chi connectivity index (χ3v) is 4.15. The van der Waals surface area contributed by atoms with E-state index in [9.17, 15) is 4.79 Å². The van der Waals surface area contributed by atoms with Crippen LogP contribution < -0.4 is 5.32 Å². The second-order valence-corrected chi connectivity index (χ2v) is 6.07. The van der Waals surface area contributed by atoms with E-state index in [-0.39, 0.29) is 11.6 Å². The number of rotatable bonds is 3. The number of hydrogen-bond acceptors (Lipinski definition) is 3. The first-order chi connectivity index (χ1) is 11.5. The Labute approximate surface area is 145 Å². The molecule has 6 heteroatoms. The summed E-state index contributed by atoms with van der Waals surface area (Å²) < 4.78 is 1.59. The minimum absolute atomic E-state index is 0.274. The molecule has 0 unspecified atom stereocenters. The lowest BCUT2D eigenvalue weighted by Gasteiger charge is -2.08. The molecule has 0 bridgehead atoms. The van der Waals surface area contributed by atoms with Gasteiger partial charge >= 0.3 is 0 Å². The SMILES string of the molecule is Cc1ccc(Cl)c(-n2nnc(C(=O)Nc3ccccc3C)c2C)c1. The van der Waals surface area contributed by atoms with E-state index in [4.69, 9.17) is 11.6 Å². The second kappa shape index (κ2) is 6.45. The van der Waals surface area contributed by atoms with Crippen molar-refractivity contribution in [2.24, 2.45) is 0 Å². The lowest BCUT2D eigenvalue weighted by molar-refractivity contribution is 0.102. The molecule has 0 saturated heterocycles. The Bertz CT molecular complexity index is 917. The number of nitrogens with one attached hydrogen (secondary N) is 1. The van der Waals surface area contributed by atoms with Crippen LogP contribution in [0, 0.1) is 20.8 Å². The molecule has 0 atom stereocenters. The summed E-state index contributed by atoms with van der Waals surface area (Å²) in [6, 6.07) is 13.2. The maximum Gasteiger partial charge on any atom is 0.278 e. The van der Waals surface area contributed by atoms with Gasteiger partial charge in [-0.05, 0) is 50.1 Å². The number of amides is 1. The molecule has 3 rings (SSSR count). The van der Waals surface area contributed by atoms with Crippen molar-refractivity contribution in [2.45, 2.75) is 20.8 Å². The third-order valence-electron chi connectivity index (χ3n) is 3.83. The predicted molar refractivity (Wildman–Crippen MR) is 95.0 cm³/mol. The summed E-state index contributed by atoms with van der Waals surface area (Å²) in [5, 5.41) is 11.6. The molecular formula is C18H17ClN4O. The van der Waals surface area contributed by atoms with Gasteiger partial charge in [0.25, 0.3) is 5.91 Å². The summed E-state index contributed by atoms with van der Waals surface area (Å²) in [7, 11) is 0. The summed E-state index contributed by atoms with van der Waals surface area (Å²) in [6.07, 6.45) is 0. The van der Waals surface area contributed by atoms with Gasteiger partial charge in [-0.3, -0.25) is 4.79 Å². The zero-order chi connectivity index (χ0) is 17.3. The number of nitrogens with zero attached hydrogens (tertiary/aromatic N) is 3. The number of aryl methyl sites for hydroxylation is 2. The van der Waals surface area contributed by atoms with Crippen molar-refractivity contribution >= 4 is 23.2 Å². The molecule has 0 aliphatic carbocycles. The number of halogens is 1. The number of hydrogen-bond donors (Lipinski definition) is 1. The van der Waals surface area contributed by atoms with Crippen molar-refractivity contribution in [3.63, 3.8) is 0 Å². The monoisotopic (exact) mass is 340 g/mol. The Morgan fingerprint density at radius 2 is 1.88 bits per heavy atom. The number of carbonyl (C=O) groups is 1. The van der Waals surface area contributed by atoms with Gasteiger partial charge in [0.2, 0.25) is 0 Å². The molecule has 0 saturated carbocycles. The smallest absolute Gasteiger partial charge is 0.278 e. The molecule has 1 heterocycles. The van der Waals surface area contributed by atoms with Crippen molar-refractivity contribution in [2.75, 3.05) is 5.32 Å². The Balaban J connectivity index is 1.94. The second-order valence-electron chi connectivity index (χ2n) is 5.66. The first-order valence-corrected chi connectivity index (χ1v) is 7.91. The topological polar surface area (TPSA) is 59.8 Å². The molecule has 1 aromatic heterocycles. The Kier molecular flexibility index (Phi) is 4.36. The summed E-state index contributed by atoms with van der Waals surface area (Å²) in [4.78, 5) is 12.5. The quantitative estimate of drug-likeness (QED) is 0.781. The molecule has 0 radical (unpaired) electrons. The zero-order valence-corrected chi connectivity index (χ0v) is 14.4. The highest BCUT2D eigenvalue weighted by atomic mass is 35.5. The van der Waals surface area contributed by atoms with E-state index in [1.165, 1.54) is 0 Å². The standard InChI is InChI=1S/C18H17ClN4O/c1-11-8-9-14(19)16(10-11)23-13(3)17(21-22-23)18(24)20-15-7-5-4-6-12(15)2/h4-10H,1-3H3,(H,20,24). The lowest BCUT2D eigenvalue weighted by atomic mass is 10.2. The fourth-order valence-electron chi connectivity index (χ4n) is 2.45. The van der Waals surface area contributed by atoms with Crippen molar-refractivity contribution in [3.05, 3.63) is 70.0 Å². The van der Waals surface area contributed by atoms with Crippen LogP contribution in [-0.4, -0.2) is 20.9 Å². The zero-order valence-electron chi connectivity index (χ0n) is 13.7. The third kappa shape index (κ3) is 3.03. The predicted octanol–water partition coefficient (Wildman–Crippen LogP) is 4.10. The van der Waals surface area contributed by atoms with E-state index < -0.39 is 0 Å². The maximum atomic E-state index is 12.5. The first-order valence-electron chi connectivity index (χ1n) is 7.53. The molecule has 0 fully saturated rings. The highest BCUT2D eigenvalue weighted by Gasteiger charge is 2.19. The summed E-state index contributed by atoms with van der Waals surface area (Å²) in [5.41, 5.74) is 4.40. The van der Waals surface area contributed by atoms with Crippen LogP contribution in [0.4, 0.5) is 5.69 Å². The average molecular weight is 341 g/mol. The van der Waals surface area contributed by atoms with Crippen LogP contribution in [0.25, 0.3) is 5.69 Å². The van der Waals surface area contributed by atoms with Crippen LogP contribution >= 0.6 is 11.6 Å². The molecular weight excluding hydrogens is 324 g/mol. The van der Waals surface area contributed by atoms with Gasteiger partial charge in [-0.2, -0.15) is 0 Å². The number of benzene rings is 2. The van der Waals surface area contributed by atoms with Crippen molar-refractivity contribution in [3.8, 4) is 5.69 Å². The van der Waals surface area contributed by atoms with Crippen molar-refractivity contribution < 1.29 is 4.79 Å². The van der Waals surface area contributed by atoms with Crippen molar-refractivity contribution in [1.29, 1.82) is 0 Å². The molecule has 3 aromatic rings. The summed E-state index contributed by atoms with van der Waals surface area (Å²) >= 11 is 6.25. The van der Waals surface area contributed by atoms with Crippen LogP contribution in [0.15, 0.2) is 42.5 Å². The highest BCUT2D eigenvalue weighted by molar-refractivity contribution is 6.32. The van der Waals surface area contributed by atoms with E-state index in [2.05, 4.69) is 15.6 Å². The molecule has 0 aliphatic rings. The molecule has 0 aliphatic heterocycles. The van der Waals surface area contributed by atoms with Crippen molar-refractivity contribution in [1.82, 2.24) is 15.0 Å². The molecule has 24 heavy (non-hydrogen) atoms. The van der Waals surface area contributed by atoms with E-state index in [1.807, 2.05) is 50.2 Å². The minimum atomic E-state index is -0.295. The number of aromatic nitrogens is 3. The van der Waals surface area contributed by atoms with E-state index in [1.54, 1.807) is 17.7 Å². The Morgan fingerprint density at radius 3 is 2.62 bits per heavy atom. The molecule has 5 nitrogen and oxygen atoms in total. The van der Waals surface area contributed by atoms with E-state index in [0.717, 1.165) is 16.8 Å². The summed E-state index contributed by atoms with van der Waals surface area (Å²) in [6.45, 7) is 5.70. The molecule has 1 amide bonds. The highest BCUT2D eigenvalue weighted by Crippen LogP contribution is 2.23. The van der Waals surface area contributed by atoms with Crippen LogP contribution in [0.2, 0.25) is 5.02 Å². The molecule has 122 valence electrons. The lowest BCUT2D eigenvalue weighted by Crippen LogP contribution is -2.15. The van der Waals surface area contributed by atoms with E-state index in [0.29, 0.717) is 16.4 Å². The molecule has 1 N–H and O–H groups in total. The fraction of sp³-hybridized carbons (Fsp3) is 0.167. The van der Waals surface area contributed by atoms with Crippen LogP contribution in [0.1, 0.15) is 27.3 Å². The largest absolute Gasteiger partial charge is 0.320 e. The summed E-state index contributed by atoms with van der Waals surface area (Å²) in [5.74, 6) is -0.295. The van der Waals surface area contributed by atoms with Crippen LogP contribution in [0.5, 0.6) is 0 Å². The van der Waals surface area contributed by atoms with Gasteiger partial charge in [-0.25, -0.2) is 4.68 Å². The van der Waals surface area contributed by atoms with Gasteiger partial charge in [-0.1, -0.05) is 41.1 Å². The van der Waals surface area contributed by atoms with Gasteiger partial charge in [-0.15, -0.1) is 5.10 Å². The number of anilines is 1. The van der Waals surface area contributed by atoms with Gasteiger partial charge in [0, 0.05) is 5.69 Å². The Hall–Kier alpha value is -2.66.